The Bertz CT molecular complexity index is 1140. The minimum Gasteiger partial charge on any atom is -0.465 e. The molecule has 2 saturated heterocycles. The van der Waals surface area contributed by atoms with Crippen LogP contribution in [0, 0.1) is 0 Å². The highest BCUT2D eigenvalue weighted by molar-refractivity contribution is 7.52. The molecule has 0 radical (unpaired) electrons. The van der Waals surface area contributed by atoms with Crippen LogP contribution in [0.3, 0.4) is 0 Å². The molecule has 3 heterocycles. The zero-order valence-corrected chi connectivity index (χ0v) is 22.3. The summed E-state index contributed by atoms with van der Waals surface area (Å²) < 4.78 is 57.8. The summed E-state index contributed by atoms with van der Waals surface area (Å²) in [6.45, 7) is 1.92. The monoisotopic (exact) mass is 571 g/mol. The van der Waals surface area contributed by atoms with E-state index in [9.17, 15) is 24.1 Å². The number of aliphatic hydroxyl groups excluding tert-OH is 1. The minimum atomic E-state index is -4.32. The third-order valence-electron chi connectivity index (χ3n) is 6.26. The van der Waals surface area contributed by atoms with E-state index in [4.69, 9.17) is 23.3 Å². The smallest absolute Gasteiger partial charge is 0.459 e. The molecule has 1 amide bonds. The molecular weight excluding hydrogens is 540 g/mol. The van der Waals surface area contributed by atoms with Crippen molar-refractivity contribution in [2.75, 3.05) is 13.2 Å². The molecule has 0 aromatic heterocycles. The van der Waals surface area contributed by atoms with Crippen molar-refractivity contribution in [3.05, 3.63) is 42.6 Å². The Morgan fingerprint density at radius 3 is 2.67 bits per heavy atom. The quantitative estimate of drug-likeness (QED) is 0.355. The lowest BCUT2D eigenvalue weighted by molar-refractivity contribution is -0.161. The van der Waals surface area contributed by atoms with Crippen LogP contribution in [-0.4, -0.2) is 77.6 Å². The molecule has 15 heteroatoms. The van der Waals surface area contributed by atoms with Gasteiger partial charge >= 0.3 is 19.7 Å². The molecular formula is C24H31FN3O10P. The van der Waals surface area contributed by atoms with Crippen molar-refractivity contribution in [3.63, 3.8) is 0 Å². The topological polar surface area (TPSA) is 162 Å². The fourth-order valence-corrected chi connectivity index (χ4v) is 5.79. The molecule has 2 unspecified atom stereocenters. The Labute approximate surface area is 224 Å². The van der Waals surface area contributed by atoms with Crippen molar-refractivity contribution in [1.29, 1.82) is 0 Å². The van der Waals surface area contributed by atoms with Gasteiger partial charge in [-0.2, -0.15) is 5.09 Å². The number of cyclic esters (lactones) is 1. The highest BCUT2D eigenvalue weighted by Crippen LogP contribution is 2.47. The molecule has 1 aromatic rings. The summed E-state index contributed by atoms with van der Waals surface area (Å²) in [5.41, 5.74) is -2.42. The number of alkyl halides is 1. The average molecular weight is 571 g/mol. The number of nitrogens with one attached hydrogen (secondary N) is 2. The second kappa shape index (κ2) is 12.0. The van der Waals surface area contributed by atoms with E-state index in [1.807, 2.05) is 0 Å². The number of rotatable bonds is 3. The maximum atomic E-state index is 16.3. The van der Waals surface area contributed by atoms with Gasteiger partial charge in [-0.05, 0) is 38.8 Å². The summed E-state index contributed by atoms with van der Waals surface area (Å²) in [5.74, 6) is -1.89. The molecule has 0 saturated carbocycles. The fourth-order valence-electron chi connectivity index (χ4n) is 4.29. The number of amides is 1. The van der Waals surface area contributed by atoms with E-state index in [1.54, 1.807) is 18.2 Å². The molecule has 214 valence electrons. The van der Waals surface area contributed by atoms with Gasteiger partial charge in [-0.15, -0.1) is 0 Å². The first-order valence-electron chi connectivity index (χ1n) is 12.4. The van der Waals surface area contributed by atoms with Crippen LogP contribution in [0.1, 0.15) is 33.1 Å². The van der Waals surface area contributed by atoms with Crippen LogP contribution in [-0.2, 0) is 37.7 Å². The molecule has 0 spiro atoms. The minimum absolute atomic E-state index is 0.00813. The number of hydrogen-bond donors (Lipinski definition) is 3. The van der Waals surface area contributed by atoms with Crippen molar-refractivity contribution in [3.8, 4) is 5.75 Å². The Morgan fingerprint density at radius 2 is 1.95 bits per heavy atom. The van der Waals surface area contributed by atoms with Crippen LogP contribution in [0.2, 0.25) is 0 Å². The van der Waals surface area contributed by atoms with Gasteiger partial charge in [0.2, 0.25) is 12.3 Å². The summed E-state index contributed by atoms with van der Waals surface area (Å²) in [6.07, 6.45) is -3.29. The zero-order chi connectivity index (χ0) is 28.2. The Kier molecular flexibility index (Phi) is 8.92. The van der Waals surface area contributed by atoms with E-state index in [0.29, 0.717) is 12.8 Å². The standard InChI is InChI=1S/C24H31FN3O10P/c1-15-21(31)34-13-7-6-10-19(30)37-20-17(14-35-39(33,27-15)38-16-8-4-3-5-9-16)36-22(24(20,2)25)28-12-11-18(29)26-23(28)32/h3-5,8-9,11-12,15,17,20,22-23,32H,6-7,10,13-14H2,1-2H3,(H,26,29)(H,27,33)/t15-,17+,20+,22+,23?,24+,39?/m0/s1. The number of benzene rings is 1. The molecule has 3 aliphatic heterocycles. The van der Waals surface area contributed by atoms with Crippen molar-refractivity contribution in [2.45, 2.75) is 69.6 Å². The predicted molar refractivity (Wildman–Crippen MR) is 131 cm³/mol. The van der Waals surface area contributed by atoms with E-state index in [2.05, 4.69) is 10.4 Å². The molecule has 7 atom stereocenters. The van der Waals surface area contributed by atoms with Gasteiger partial charge < -0.3 is 34.1 Å². The second-order valence-corrected chi connectivity index (χ2v) is 11.1. The Balaban J connectivity index is 1.63. The first-order valence-corrected chi connectivity index (χ1v) is 13.9. The van der Waals surface area contributed by atoms with Gasteiger partial charge in [-0.1, -0.05) is 18.2 Å². The fraction of sp³-hybridized carbons (Fsp3) is 0.542. The number of fused-ring (bicyclic) bond motifs is 1. The molecule has 1 aromatic carbocycles. The summed E-state index contributed by atoms with van der Waals surface area (Å²) in [7, 11) is -4.32. The van der Waals surface area contributed by atoms with E-state index >= 15 is 4.39 Å². The van der Waals surface area contributed by atoms with Crippen LogP contribution in [0.15, 0.2) is 42.6 Å². The van der Waals surface area contributed by atoms with E-state index in [1.165, 1.54) is 19.1 Å². The molecule has 13 nitrogen and oxygen atoms in total. The van der Waals surface area contributed by atoms with Gasteiger partial charge in [0.1, 0.15) is 17.9 Å². The molecule has 3 N–H and O–H groups in total. The predicted octanol–water partition coefficient (Wildman–Crippen LogP) is 1.48. The van der Waals surface area contributed by atoms with Crippen LogP contribution < -0.4 is 14.9 Å². The van der Waals surface area contributed by atoms with Gasteiger partial charge in [-0.25, -0.2) is 8.96 Å². The first-order chi connectivity index (χ1) is 18.5. The van der Waals surface area contributed by atoms with Gasteiger partial charge in [-0.3, -0.25) is 18.9 Å². The number of carbonyl (C=O) groups is 3. The Morgan fingerprint density at radius 1 is 1.21 bits per heavy atom. The van der Waals surface area contributed by atoms with Crippen molar-refractivity contribution in [2.24, 2.45) is 0 Å². The second-order valence-electron chi connectivity index (χ2n) is 9.41. The van der Waals surface area contributed by atoms with Crippen LogP contribution >= 0.6 is 7.75 Å². The number of para-hydroxylation sites is 1. The number of hydrogen-bond acceptors (Lipinski definition) is 11. The van der Waals surface area contributed by atoms with E-state index < -0.39 is 68.7 Å². The average Bonchev–Trinajstić information content (AvgIpc) is 3.11. The highest BCUT2D eigenvalue weighted by Gasteiger charge is 2.60. The first kappa shape index (κ1) is 29.0. The summed E-state index contributed by atoms with van der Waals surface area (Å²) >= 11 is 0. The number of esters is 2. The van der Waals surface area contributed by atoms with E-state index in [0.717, 1.165) is 24.1 Å². The lowest BCUT2D eigenvalue weighted by Crippen LogP contribution is -2.58. The van der Waals surface area contributed by atoms with Crippen LogP contribution in [0.4, 0.5) is 4.39 Å². The van der Waals surface area contributed by atoms with Crippen LogP contribution in [0.5, 0.6) is 5.75 Å². The third kappa shape index (κ3) is 6.95. The SMILES string of the molecule is C[C@@H]1NP(=O)(Oc2ccccc2)OC[C@H]2O[C@@H](N3C=CC(=O)NC3O)[C@](C)(F)[C@@H]2OC(=O)CCCCOC1=O. The van der Waals surface area contributed by atoms with Crippen molar-refractivity contribution < 1.29 is 51.7 Å². The maximum Gasteiger partial charge on any atom is 0.459 e. The summed E-state index contributed by atoms with van der Waals surface area (Å²) in [4.78, 5) is 37.6. The molecule has 4 rings (SSSR count). The third-order valence-corrected chi connectivity index (χ3v) is 7.91. The van der Waals surface area contributed by atoms with Gasteiger partial charge in [0, 0.05) is 18.7 Å². The lowest BCUT2D eigenvalue weighted by atomic mass is 9.97. The molecule has 0 aliphatic carbocycles. The van der Waals surface area contributed by atoms with E-state index in [-0.39, 0.29) is 18.8 Å². The summed E-state index contributed by atoms with van der Waals surface area (Å²) in [5, 5.41) is 15.1. The number of halogens is 1. The number of ether oxygens (including phenoxy) is 3. The van der Waals surface area contributed by atoms with Gasteiger partial charge in [0.25, 0.3) is 0 Å². The van der Waals surface area contributed by atoms with Gasteiger partial charge in [0.05, 0.1) is 13.2 Å². The maximum absolute atomic E-state index is 16.3. The highest BCUT2D eigenvalue weighted by atomic mass is 31.2. The van der Waals surface area contributed by atoms with Crippen molar-refractivity contribution in [1.82, 2.24) is 15.3 Å². The Hall–Kier alpha value is -3.03. The molecule has 3 aliphatic rings. The lowest BCUT2D eigenvalue weighted by Gasteiger charge is -2.38. The molecule has 0 bridgehead atoms. The van der Waals surface area contributed by atoms with Crippen LogP contribution in [0.25, 0.3) is 0 Å². The van der Waals surface area contributed by atoms with Gasteiger partial charge in [0.15, 0.2) is 18.0 Å². The molecule has 2 fully saturated rings. The number of nitrogens with zero attached hydrogens (tertiary/aromatic N) is 1. The largest absolute Gasteiger partial charge is 0.465 e. The van der Waals surface area contributed by atoms with Crippen molar-refractivity contribution >= 4 is 25.6 Å². The molecule has 39 heavy (non-hydrogen) atoms. The normalized spacial score (nSPS) is 36.6. The summed E-state index contributed by atoms with van der Waals surface area (Å²) in [6, 6.07) is 6.92. The number of aliphatic hydroxyl groups is 1. The zero-order valence-electron chi connectivity index (χ0n) is 21.4. The number of carbonyl (C=O) groups excluding carboxylic acids is 3.